The van der Waals surface area contributed by atoms with Gasteiger partial charge in [0.1, 0.15) is 0 Å². The Morgan fingerprint density at radius 2 is 1.79 bits per heavy atom. The molecule has 0 saturated heterocycles. The normalized spacial score (nSPS) is 12.0. The Morgan fingerprint density at radius 3 is 2.46 bits per heavy atom. The van der Waals surface area contributed by atoms with Gasteiger partial charge in [0.15, 0.2) is 15.8 Å². The van der Waals surface area contributed by atoms with Crippen LogP contribution in [0.25, 0.3) is 0 Å². The van der Waals surface area contributed by atoms with Gasteiger partial charge in [0.2, 0.25) is 0 Å². The predicted molar refractivity (Wildman–Crippen MR) is 97.9 cm³/mol. The smallest absolute Gasteiger partial charge is 0.191 e. The Labute approximate surface area is 143 Å². The highest BCUT2D eigenvalue weighted by molar-refractivity contribution is 7.91. The lowest BCUT2D eigenvalue weighted by Gasteiger charge is -2.12. The fourth-order valence-corrected chi connectivity index (χ4v) is 3.46. The van der Waals surface area contributed by atoms with Crippen LogP contribution in [0.5, 0.6) is 0 Å². The SMILES string of the molecule is CN=C(NCCS(=O)(=O)c1ccccc1)NCc1cccc(C)c1. The standard InChI is InChI=1S/C18H23N3O2S/c1-15-7-6-8-16(13-15)14-21-18(19-2)20-11-12-24(22,23)17-9-4-3-5-10-17/h3-10,13H,11-12,14H2,1-2H3,(H2,19,20,21). The average molecular weight is 345 g/mol. The monoisotopic (exact) mass is 345 g/mol. The number of benzene rings is 2. The van der Waals surface area contributed by atoms with Gasteiger partial charge in [-0.1, -0.05) is 48.0 Å². The van der Waals surface area contributed by atoms with Crippen LogP contribution in [0.4, 0.5) is 0 Å². The molecule has 0 saturated carbocycles. The van der Waals surface area contributed by atoms with Gasteiger partial charge in [-0.2, -0.15) is 0 Å². The van der Waals surface area contributed by atoms with Crippen molar-refractivity contribution in [3.05, 3.63) is 65.7 Å². The van der Waals surface area contributed by atoms with Gasteiger partial charge in [-0.25, -0.2) is 8.42 Å². The highest BCUT2D eigenvalue weighted by atomic mass is 32.2. The summed E-state index contributed by atoms with van der Waals surface area (Å²) in [5.74, 6) is 0.599. The van der Waals surface area contributed by atoms with Gasteiger partial charge in [-0.15, -0.1) is 0 Å². The lowest BCUT2D eigenvalue weighted by molar-refractivity contribution is 0.594. The molecule has 0 heterocycles. The van der Waals surface area contributed by atoms with Crippen molar-refractivity contribution in [3.8, 4) is 0 Å². The van der Waals surface area contributed by atoms with E-state index in [-0.39, 0.29) is 5.75 Å². The van der Waals surface area contributed by atoms with E-state index in [2.05, 4.69) is 21.7 Å². The summed E-state index contributed by atoms with van der Waals surface area (Å²) in [5, 5.41) is 6.22. The molecule has 2 aromatic carbocycles. The number of nitrogens with one attached hydrogen (secondary N) is 2. The number of sulfone groups is 1. The molecular weight excluding hydrogens is 322 g/mol. The Morgan fingerprint density at radius 1 is 1.04 bits per heavy atom. The van der Waals surface area contributed by atoms with Crippen molar-refractivity contribution < 1.29 is 8.42 Å². The van der Waals surface area contributed by atoms with E-state index >= 15 is 0 Å². The zero-order valence-corrected chi connectivity index (χ0v) is 14.8. The molecule has 0 aliphatic rings. The van der Waals surface area contributed by atoms with Gasteiger partial charge in [-0.3, -0.25) is 4.99 Å². The first-order valence-electron chi connectivity index (χ1n) is 7.79. The van der Waals surface area contributed by atoms with Gasteiger partial charge in [0.25, 0.3) is 0 Å². The first-order valence-corrected chi connectivity index (χ1v) is 9.44. The minimum atomic E-state index is -3.28. The Bertz CT molecular complexity index is 787. The molecular formula is C18H23N3O2S. The van der Waals surface area contributed by atoms with Gasteiger partial charge < -0.3 is 10.6 Å². The molecule has 0 fully saturated rings. The zero-order chi connectivity index (χ0) is 17.4. The number of rotatable bonds is 6. The molecule has 0 aromatic heterocycles. The fourth-order valence-electron chi connectivity index (χ4n) is 2.28. The topological polar surface area (TPSA) is 70.6 Å². The summed E-state index contributed by atoms with van der Waals surface area (Å²) >= 11 is 0. The molecule has 0 spiro atoms. The van der Waals surface area contributed by atoms with E-state index < -0.39 is 9.84 Å². The maximum absolute atomic E-state index is 12.2. The number of guanidine groups is 1. The molecule has 5 nitrogen and oxygen atoms in total. The minimum absolute atomic E-state index is 0.0160. The van der Waals surface area contributed by atoms with Crippen molar-refractivity contribution in [1.82, 2.24) is 10.6 Å². The van der Waals surface area contributed by atoms with Crippen molar-refractivity contribution in [2.45, 2.75) is 18.4 Å². The van der Waals surface area contributed by atoms with Crippen molar-refractivity contribution >= 4 is 15.8 Å². The maximum atomic E-state index is 12.2. The van der Waals surface area contributed by atoms with Crippen LogP contribution in [-0.2, 0) is 16.4 Å². The zero-order valence-electron chi connectivity index (χ0n) is 14.0. The van der Waals surface area contributed by atoms with E-state index in [0.29, 0.717) is 23.9 Å². The van der Waals surface area contributed by atoms with Crippen LogP contribution in [0.15, 0.2) is 64.5 Å². The molecule has 128 valence electrons. The van der Waals surface area contributed by atoms with E-state index in [9.17, 15) is 8.42 Å². The van der Waals surface area contributed by atoms with Crippen molar-refractivity contribution in [2.24, 2.45) is 4.99 Å². The summed E-state index contributed by atoms with van der Waals surface area (Å²) in [7, 11) is -1.62. The first kappa shape index (κ1) is 18.0. The van der Waals surface area contributed by atoms with Crippen LogP contribution in [0.2, 0.25) is 0 Å². The molecule has 0 bridgehead atoms. The number of aryl methyl sites for hydroxylation is 1. The van der Waals surface area contributed by atoms with Crippen LogP contribution >= 0.6 is 0 Å². The quantitative estimate of drug-likeness (QED) is 0.622. The van der Waals surface area contributed by atoms with Crippen LogP contribution in [0.3, 0.4) is 0 Å². The summed E-state index contributed by atoms with van der Waals surface area (Å²) in [5.41, 5.74) is 2.35. The van der Waals surface area contributed by atoms with Gasteiger partial charge in [0.05, 0.1) is 10.6 Å². The molecule has 2 rings (SSSR count). The van der Waals surface area contributed by atoms with Gasteiger partial charge in [0, 0.05) is 20.1 Å². The molecule has 6 heteroatoms. The van der Waals surface area contributed by atoms with Crippen LogP contribution in [-0.4, -0.2) is 33.7 Å². The van der Waals surface area contributed by atoms with E-state index in [1.165, 1.54) is 5.56 Å². The number of hydrogen-bond donors (Lipinski definition) is 2. The maximum Gasteiger partial charge on any atom is 0.191 e. The summed E-state index contributed by atoms with van der Waals surface area (Å²) in [4.78, 5) is 4.46. The third-order valence-corrected chi connectivity index (χ3v) is 5.26. The third kappa shape index (κ3) is 5.38. The summed E-state index contributed by atoms with van der Waals surface area (Å²) < 4.78 is 24.4. The van der Waals surface area contributed by atoms with Crippen molar-refractivity contribution in [3.63, 3.8) is 0 Å². The Balaban J connectivity index is 1.84. The lowest BCUT2D eigenvalue weighted by atomic mass is 10.1. The van der Waals surface area contributed by atoms with E-state index in [4.69, 9.17) is 0 Å². The molecule has 0 aliphatic carbocycles. The molecule has 24 heavy (non-hydrogen) atoms. The summed E-state index contributed by atoms with van der Waals surface area (Å²) in [6, 6.07) is 16.7. The third-order valence-electron chi connectivity index (χ3n) is 3.53. The fraction of sp³-hybridized carbons (Fsp3) is 0.278. The minimum Gasteiger partial charge on any atom is -0.355 e. The molecule has 0 amide bonds. The van der Waals surface area contributed by atoms with Crippen LogP contribution in [0, 0.1) is 6.92 Å². The van der Waals surface area contributed by atoms with E-state index in [1.54, 1.807) is 37.4 Å². The van der Waals surface area contributed by atoms with E-state index in [0.717, 1.165) is 5.56 Å². The first-order chi connectivity index (χ1) is 11.5. The molecule has 2 aromatic rings. The highest BCUT2D eigenvalue weighted by Gasteiger charge is 2.13. The van der Waals surface area contributed by atoms with E-state index in [1.807, 2.05) is 25.1 Å². The second kappa shape index (κ2) is 8.49. The molecule has 2 N–H and O–H groups in total. The second-order valence-electron chi connectivity index (χ2n) is 5.47. The van der Waals surface area contributed by atoms with Gasteiger partial charge in [-0.05, 0) is 24.6 Å². The van der Waals surface area contributed by atoms with Crippen LogP contribution < -0.4 is 10.6 Å². The average Bonchev–Trinajstić information content (AvgIpc) is 2.58. The lowest BCUT2D eigenvalue weighted by Crippen LogP contribution is -2.39. The molecule has 0 atom stereocenters. The summed E-state index contributed by atoms with van der Waals surface area (Å²) in [6.07, 6.45) is 0. The molecule has 0 unspecified atom stereocenters. The summed E-state index contributed by atoms with van der Waals surface area (Å²) in [6.45, 7) is 2.97. The molecule has 0 radical (unpaired) electrons. The number of nitrogens with zero attached hydrogens (tertiary/aromatic N) is 1. The van der Waals surface area contributed by atoms with Crippen molar-refractivity contribution in [1.29, 1.82) is 0 Å². The van der Waals surface area contributed by atoms with Crippen LogP contribution in [0.1, 0.15) is 11.1 Å². The predicted octanol–water partition coefficient (Wildman–Crippen LogP) is 2.13. The number of hydrogen-bond acceptors (Lipinski definition) is 3. The second-order valence-corrected chi connectivity index (χ2v) is 7.58. The Hall–Kier alpha value is -2.34. The van der Waals surface area contributed by atoms with Gasteiger partial charge >= 0.3 is 0 Å². The molecule has 0 aliphatic heterocycles. The Kier molecular flexibility index (Phi) is 6.37. The van der Waals surface area contributed by atoms with Crippen molar-refractivity contribution in [2.75, 3.05) is 19.3 Å². The number of aliphatic imine (C=N–C) groups is 1. The highest BCUT2D eigenvalue weighted by Crippen LogP contribution is 2.09. The largest absolute Gasteiger partial charge is 0.355 e.